The molecule has 112 valence electrons. The van der Waals surface area contributed by atoms with Crippen LogP contribution in [0.2, 0.25) is 10.0 Å². The number of sulfonamides is 1. The molecule has 0 unspecified atom stereocenters. The summed E-state index contributed by atoms with van der Waals surface area (Å²) in [7, 11) is -3.70. The van der Waals surface area contributed by atoms with Crippen molar-refractivity contribution in [3.05, 3.63) is 63.9 Å². The molecule has 0 fully saturated rings. The molecule has 2 aromatic rings. The zero-order valence-electron chi connectivity index (χ0n) is 11.1. The van der Waals surface area contributed by atoms with Gasteiger partial charge in [-0.3, -0.25) is 4.31 Å². The maximum Gasteiger partial charge on any atom is 0.232 e. The van der Waals surface area contributed by atoms with Gasteiger partial charge in [0, 0.05) is 15.6 Å². The molecule has 0 saturated carbocycles. The Balaban J connectivity index is 2.52. The molecule has 0 radical (unpaired) electrons. The molecule has 0 N–H and O–H groups in total. The fraction of sp³-hybridized carbons (Fsp3) is 0.143. The second-order valence-electron chi connectivity index (χ2n) is 4.42. The average molecular weight is 348 g/mol. The molecule has 0 heterocycles. The predicted molar refractivity (Wildman–Crippen MR) is 83.9 cm³/mol. The normalized spacial score (nSPS) is 11.4. The first-order valence-electron chi connectivity index (χ1n) is 5.96. The second kappa shape index (κ2) is 6.22. The minimum absolute atomic E-state index is 0.0454. The highest BCUT2D eigenvalue weighted by Crippen LogP contribution is 2.30. The number of anilines is 1. The van der Waals surface area contributed by atoms with Crippen LogP contribution in [0.25, 0.3) is 0 Å². The van der Waals surface area contributed by atoms with Gasteiger partial charge in [0.05, 0.1) is 18.5 Å². The van der Waals surface area contributed by atoms with Gasteiger partial charge in [0.2, 0.25) is 10.0 Å². The molecular formula is C14H12Cl2FNO2S. The minimum atomic E-state index is -3.70. The van der Waals surface area contributed by atoms with Gasteiger partial charge in [-0.05, 0) is 24.3 Å². The Kier molecular flexibility index (Phi) is 4.76. The van der Waals surface area contributed by atoms with Crippen molar-refractivity contribution in [2.75, 3.05) is 10.6 Å². The van der Waals surface area contributed by atoms with E-state index in [9.17, 15) is 12.8 Å². The van der Waals surface area contributed by atoms with Crippen LogP contribution in [0.1, 0.15) is 5.56 Å². The van der Waals surface area contributed by atoms with E-state index in [0.29, 0.717) is 15.6 Å². The van der Waals surface area contributed by atoms with Gasteiger partial charge < -0.3 is 0 Å². The zero-order chi connectivity index (χ0) is 15.6. The standard InChI is InChI=1S/C14H12Cl2FNO2S/c1-21(19,20)18(14-8-3-2-7-13(14)17)9-10-11(15)5-4-6-12(10)16/h2-8H,9H2,1H3. The maximum absolute atomic E-state index is 13.9. The maximum atomic E-state index is 13.9. The molecule has 0 amide bonds. The minimum Gasteiger partial charge on any atom is -0.263 e. The molecule has 3 nitrogen and oxygen atoms in total. The molecule has 2 aromatic carbocycles. The number of hydrogen-bond acceptors (Lipinski definition) is 2. The van der Waals surface area contributed by atoms with Crippen LogP contribution in [0, 0.1) is 5.82 Å². The molecule has 21 heavy (non-hydrogen) atoms. The van der Waals surface area contributed by atoms with E-state index in [2.05, 4.69) is 0 Å². The van der Waals surface area contributed by atoms with Gasteiger partial charge in [-0.25, -0.2) is 12.8 Å². The average Bonchev–Trinajstić information content (AvgIpc) is 2.38. The molecule has 2 rings (SSSR count). The smallest absolute Gasteiger partial charge is 0.232 e. The SMILES string of the molecule is CS(=O)(=O)N(Cc1c(Cl)cccc1Cl)c1ccccc1F. The van der Waals surface area contributed by atoms with E-state index in [4.69, 9.17) is 23.2 Å². The van der Waals surface area contributed by atoms with Crippen LogP contribution in [-0.4, -0.2) is 14.7 Å². The molecule has 0 saturated heterocycles. The topological polar surface area (TPSA) is 37.4 Å². The molecule has 0 aliphatic heterocycles. The van der Waals surface area contributed by atoms with Crippen LogP contribution in [0.15, 0.2) is 42.5 Å². The van der Waals surface area contributed by atoms with Crippen molar-refractivity contribution in [2.45, 2.75) is 6.54 Å². The highest BCUT2D eigenvalue weighted by Gasteiger charge is 2.22. The quantitative estimate of drug-likeness (QED) is 0.834. The molecule has 7 heteroatoms. The molecule has 0 bridgehead atoms. The Morgan fingerprint density at radius 3 is 2.14 bits per heavy atom. The lowest BCUT2D eigenvalue weighted by molar-refractivity contribution is 0.590. The fourth-order valence-corrected chi connectivity index (χ4v) is 3.25. The van der Waals surface area contributed by atoms with Crippen LogP contribution >= 0.6 is 23.2 Å². The van der Waals surface area contributed by atoms with E-state index in [0.717, 1.165) is 10.6 Å². The van der Waals surface area contributed by atoms with Gasteiger partial charge in [0.25, 0.3) is 0 Å². The van der Waals surface area contributed by atoms with Gasteiger partial charge in [-0.1, -0.05) is 41.4 Å². The molecular weight excluding hydrogens is 336 g/mol. The van der Waals surface area contributed by atoms with Crippen LogP contribution in [-0.2, 0) is 16.6 Å². The van der Waals surface area contributed by atoms with Gasteiger partial charge >= 0.3 is 0 Å². The molecule has 0 aromatic heterocycles. The van der Waals surface area contributed by atoms with E-state index < -0.39 is 15.8 Å². The highest BCUT2D eigenvalue weighted by atomic mass is 35.5. The molecule has 0 spiro atoms. The van der Waals surface area contributed by atoms with Gasteiger partial charge in [-0.15, -0.1) is 0 Å². The Hall–Kier alpha value is -1.30. The van der Waals surface area contributed by atoms with E-state index in [1.165, 1.54) is 18.2 Å². The molecule has 0 aliphatic carbocycles. The Morgan fingerprint density at radius 1 is 1.05 bits per heavy atom. The van der Waals surface area contributed by atoms with Gasteiger partial charge in [-0.2, -0.15) is 0 Å². The van der Waals surface area contributed by atoms with Crippen molar-refractivity contribution in [2.24, 2.45) is 0 Å². The van der Waals surface area contributed by atoms with Crippen LogP contribution in [0.5, 0.6) is 0 Å². The summed E-state index contributed by atoms with van der Waals surface area (Å²) in [5, 5.41) is 0.653. The third-order valence-corrected chi connectivity index (χ3v) is 4.72. The Morgan fingerprint density at radius 2 is 1.62 bits per heavy atom. The van der Waals surface area contributed by atoms with Crippen molar-refractivity contribution >= 4 is 38.9 Å². The van der Waals surface area contributed by atoms with Crippen molar-refractivity contribution < 1.29 is 12.8 Å². The Bertz CT molecular complexity index is 745. The molecule has 0 atom stereocenters. The first-order valence-corrected chi connectivity index (χ1v) is 8.56. The zero-order valence-corrected chi connectivity index (χ0v) is 13.4. The third-order valence-electron chi connectivity index (χ3n) is 2.88. The Labute approximate surface area is 133 Å². The van der Waals surface area contributed by atoms with Crippen molar-refractivity contribution in [3.63, 3.8) is 0 Å². The third kappa shape index (κ3) is 3.67. The summed E-state index contributed by atoms with van der Waals surface area (Å²) in [4.78, 5) is 0. The fourth-order valence-electron chi connectivity index (χ4n) is 1.86. The van der Waals surface area contributed by atoms with E-state index >= 15 is 0 Å². The summed E-state index contributed by atoms with van der Waals surface area (Å²) in [6, 6.07) is 10.5. The first-order chi connectivity index (χ1) is 9.80. The highest BCUT2D eigenvalue weighted by molar-refractivity contribution is 7.92. The summed E-state index contributed by atoms with van der Waals surface area (Å²) < 4.78 is 38.8. The number of para-hydroxylation sites is 1. The van der Waals surface area contributed by atoms with Crippen LogP contribution < -0.4 is 4.31 Å². The number of halogens is 3. The first kappa shape index (κ1) is 16.1. The number of benzene rings is 2. The van der Waals surface area contributed by atoms with Gasteiger partial charge in [0.15, 0.2) is 0 Å². The van der Waals surface area contributed by atoms with E-state index in [1.807, 2.05) is 0 Å². The van der Waals surface area contributed by atoms with Gasteiger partial charge in [0.1, 0.15) is 5.82 Å². The number of rotatable bonds is 4. The van der Waals surface area contributed by atoms with Crippen LogP contribution in [0.3, 0.4) is 0 Å². The largest absolute Gasteiger partial charge is 0.263 e. The summed E-state index contributed by atoms with van der Waals surface area (Å²) in [5.41, 5.74) is 0.380. The van der Waals surface area contributed by atoms with E-state index in [1.54, 1.807) is 24.3 Å². The summed E-state index contributed by atoms with van der Waals surface area (Å²) in [5.74, 6) is -0.633. The summed E-state index contributed by atoms with van der Waals surface area (Å²) in [6.45, 7) is -0.141. The number of hydrogen-bond donors (Lipinski definition) is 0. The lowest BCUT2D eigenvalue weighted by atomic mass is 10.2. The lowest BCUT2D eigenvalue weighted by Gasteiger charge is -2.23. The second-order valence-corrected chi connectivity index (χ2v) is 7.14. The van der Waals surface area contributed by atoms with Crippen LogP contribution in [0.4, 0.5) is 10.1 Å². The predicted octanol–water partition coefficient (Wildman–Crippen LogP) is 4.10. The monoisotopic (exact) mass is 347 g/mol. The summed E-state index contributed by atoms with van der Waals surface area (Å²) in [6.07, 6.45) is 1.00. The van der Waals surface area contributed by atoms with Crippen molar-refractivity contribution in [3.8, 4) is 0 Å². The van der Waals surface area contributed by atoms with Crippen molar-refractivity contribution in [1.29, 1.82) is 0 Å². The number of nitrogens with zero attached hydrogens (tertiary/aromatic N) is 1. The lowest BCUT2D eigenvalue weighted by Crippen LogP contribution is -2.30. The van der Waals surface area contributed by atoms with E-state index in [-0.39, 0.29) is 12.2 Å². The molecule has 0 aliphatic rings. The summed E-state index contributed by atoms with van der Waals surface area (Å²) >= 11 is 12.1. The van der Waals surface area contributed by atoms with Crippen molar-refractivity contribution in [1.82, 2.24) is 0 Å².